The van der Waals surface area contributed by atoms with Crippen LogP contribution in [-0.4, -0.2) is 40.1 Å². The van der Waals surface area contributed by atoms with Gasteiger partial charge in [-0.05, 0) is 37.2 Å². The molecule has 31 heavy (non-hydrogen) atoms. The summed E-state index contributed by atoms with van der Waals surface area (Å²) in [5.41, 5.74) is 5.22. The summed E-state index contributed by atoms with van der Waals surface area (Å²) in [6.07, 6.45) is 2.06. The standard InChI is InChI=1S/C26H35NO4/c1-15-11-16(2)22(25(29)31-8)24(23-19(15)13-26(3,4)14-20(23)28)18-10-9-17(27(5)6)12-21(18)30-7/h9-10,12,15,24H,11,13-14H2,1-8H3. The van der Waals surface area contributed by atoms with E-state index in [-0.39, 0.29) is 23.1 Å². The van der Waals surface area contributed by atoms with Crippen molar-refractivity contribution in [2.24, 2.45) is 11.3 Å². The second-order valence-corrected chi connectivity index (χ2v) is 9.92. The number of carbonyl (C=O) groups is 2. The maximum Gasteiger partial charge on any atom is 0.334 e. The number of benzene rings is 1. The first-order valence-corrected chi connectivity index (χ1v) is 10.9. The van der Waals surface area contributed by atoms with E-state index in [1.165, 1.54) is 12.7 Å². The average Bonchev–Trinajstić information content (AvgIpc) is 2.80. The van der Waals surface area contributed by atoms with Gasteiger partial charge in [0, 0.05) is 54.9 Å². The van der Waals surface area contributed by atoms with Crippen molar-refractivity contribution in [3.63, 3.8) is 0 Å². The minimum absolute atomic E-state index is 0.0860. The van der Waals surface area contributed by atoms with Crippen LogP contribution < -0.4 is 9.64 Å². The molecule has 2 aliphatic carbocycles. The molecule has 0 bridgehead atoms. The number of rotatable bonds is 4. The Hall–Kier alpha value is -2.56. The molecule has 5 heteroatoms. The Morgan fingerprint density at radius 1 is 1.16 bits per heavy atom. The lowest BCUT2D eigenvalue weighted by atomic mass is 9.67. The number of hydrogen-bond donors (Lipinski definition) is 0. The van der Waals surface area contributed by atoms with Crippen LogP contribution in [0.1, 0.15) is 58.4 Å². The molecule has 168 valence electrons. The van der Waals surface area contributed by atoms with Gasteiger partial charge in [-0.15, -0.1) is 0 Å². The lowest BCUT2D eigenvalue weighted by molar-refractivity contribution is -0.136. The van der Waals surface area contributed by atoms with Crippen molar-refractivity contribution in [1.82, 2.24) is 0 Å². The number of ether oxygens (including phenoxy) is 2. The summed E-state index contributed by atoms with van der Waals surface area (Å²) in [7, 11) is 6.98. The van der Waals surface area contributed by atoms with E-state index in [1.54, 1.807) is 7.11 Å². The molecule has 0 amide bonds. The normalized spacial score (nSPS) is 23.3. The minimum atomic E-state index is -0.484. The van der Waals surface area contributed by atoms with E-state index in [4.69, 9.17) is 9.47 Å². The van der Waals surface area contributed by atoms with E-state index in [0.29, 0.717) is 17.7 Å². The molecule has 1 aromatic carbocycles. The smallest absolute Gasteiger partial charge is 0.334 e. The van der Waals surface area contributed by atoms with E-state index < -0.39 is 5.92 Å². The van der Waals surface area contributed by atoms with Crippen LogP contribution in [0.4, 0.5) is 5.69 Å². The van der Waals surface area contributed by atoms with Gasteiger partial charge in [0.05, 0.1) is 14.2 Å². The SMILES string of the molecule is COC(=O)C1=C(C)CC(C)C2=C(C(=O)CC(C)(C)C2)C1c1ccc(N(C)C)cc1OC. The number of Topliss-reactive ketones (excluding diaryl/α,β-unsaturated/α-hetero) is 1. The molecule has 1 aromatic rings. The second-order valence-electron chi connectivity index (χ2n) is 9.92. The molecule has 0 heterocycles. The summed E-state index contributed by atoms with van der Waals surface area (Å²) in [5, 5.41) is 0. The maximum absolute atomic E-state index is 13.6. The van der Waals surface area contributed by atoms with Gasteiger partial charge in [-0.2, -0.15) is 0 Å². The first-order valence-electron chi connectivity index (χ1n) is 10.9. The number of hydrogen-bond acceptors (Lipinski definition) is 5. The molecule has 0 radical (unpaired) electrons. The number of carbonyl (C=O) groups excluding carboxylic acids is 2. The van der Waals surface area contributed by atoms with Gasteiger partial charge in [-0.25, -0.2) is 4.79 Å². The number of nitrogens with zero attached hydrogens (tertiary/aromatic N) is 1. The molecular weight excluding hydrogens is 390 g/mol. The van der Waals surface area contributed by atoms with Crippen molar-refractivity contribution in [1.29, 1.82) is 0 Å². The fourth-order valence-corrected chi connectivity index (χ4v) is 5.18. The molecule has 0 aliphatic heterocycles. The fourth-order valence-electron chi connectivity index (χ4n) is 5.18. The first-order chi connectivity index (χ1) is 14.5. The van der Waals surface area contributed by atoms with Crippen molar-refractivity contribution >= 4 is 17.4 Å². The highest BCUT2D eigenvalue weighted by molar-refractivity contribution is 6.04. The molecule has 0 aromatic heterocycles. The Labute approximate surface area is 186 Å². The molecule has 3 rings (SSSR count). The van der Waals surface area contributed by atoms with Crippen molar-refractivity contribution < 1.29 is 19.1 Å². The predicted molar refractivity (Wildman–Crippen MR) is 124 cm³/mol. The Bertz CT molecular complexity index is 968. The molecule has 2 atom stereocenters. The molecule has 0 fully saturated rings. The third kappa shape index (κ3) is 4.28. The fraction of sp³-hybridized carbons (Fsp3) is 0.538. The van der Waals surface area contributed by atoms with Crippen LogP contribution in [0.15, 0.2) is 40.5 Å². The number of allylic oxidation sites excluding steroid dienone is 3. The Kier molecular flexibility index (Phi) is 6.35. The van der Waals surface area contributed by atoms with E-state index in [9.17, 15) is 9.59 Å². The predicted octanol–water partition coefficient (Wildman–Crippen LogP) is 5.06. The second kappa shape index (κ2) is 8.52. The van der Waals surface area contributed by atoms with Crippen LogP contribution >= 0.6 is 0 Å². The van der Waals surface area contributed by atoms with Crippen LogP contribution in [-0.2, 0) is 14.3 Å². The molecule has 0 N–H and O–H groups in total. The average molecular weight is 426 g/mol. The van der Waals surface area contributed by atoms with Gasteiger partial charge in [0.2, 0.25) is 0 Å². The quantitative estimate of drug-likeness (QED) is 0.631. The largest absolute Gasteiger partial charge is 0.496 e. The highest BCUT2D eigenvalue weighted by atomic mass is 16.5. The van der Waals surface area contributed by atoms with Crippen molar-refractivity contribution in [3.8, 4) is 5.75 Å². The van der Waals surface area contributed by atoms with E-state index >= 15 is 0 Å². The molecule has 0 saturated carbocycles. The van der Waals surface area contributed by atoms with Gasteiger partial charge >= 0.3 is 5.97 Å². The summed E-state index contributed by atoms with van der Waals surface area (Å²) in [6, 6.07) is 5.96. The van der Waals surface area contributed by atoms with Crippen LogP contribution in [0.3, 0.4) is 0 Å². The highest BCUT2D eigenvalue weighted by Crippen LogP contribution is 2.51. The van der Waals surface area contributed by atoms with Crippen LogP contribution in [0.5, 0.6) is 5.75 Å². The molecule has 0 saturated heterocycles. The highest BCUT2D eigenvalue weighted by Gasteiger charge is 2.43. The van der Waals surface area contributed by atoms with E-state index in [0.717, 1.165) is 35.2 Å². The molecule has 2 aliphatic rings. The lowest BCUT2D eigenvalue weighted by Gasteiger charge is -2.36. The molecule has 5 nitrogen and oxygen atoms in total. The van der Waals surface area contributed by atoms with Gasteiger partial charge in [0.1, 0.15) is 5.75 Å². The lowest BCUT2D eigenvalue weighted by Crippen LogP contribution is -2.31. The van der Waals surface area contributed by atoms with Crippen molar-refractivity contribution in [3.05, 3.63) is 46.1 Å². The van der Waals surface area contributed by atoms with Gasteiger partial charge in [0.15, 0.2) is 5.78 Å². The summed E-state index contributed by atoms with van der Waals surface area (Å²) < 4.78 is 11.0. The zero-order valence-corrected chi connectivity index (χ0v) is 20.1. The topological polar surface area (TPSA) is 55.8 Å². The third-order valence-corrected chi connectivity index (χ3v) is 6.65. The van der Waals surface area contributed by atoms with Crippen molar-refractivity contribution in [2.45, 2.75) is 52.9 Å². The monoisotopic (exact) mass is 425 g/mol. The van der Waals surface area contributed by atoms with E-state index in [1.807, 2.05) is 44.1 Å². The van der Waals surface area contributed by atoms with Gasteiger partial charge in [0.25, 0.3) is 0 Å². The first kappa shape index (κ1) is 23.1. The number of ketones is 1. The Morgan fingerprint density at radius 3 is 2.42 bits per heavy atom. The Morgan fingerprint density at radius 2 is 1.84 bits per heavy atom. The summed E-state index contributed by atoms with van der Waals surface area (Å²) in [4.78, 5) is 28.6. The van der Waals surface area contributed by atoms with Crippen LogP contribution in [0, 0.1) is 11.3 Å². The summed E-state index contributed by atoms with van der Waals surface area (Å²) in [6.45, 7) is 8.45. The van der Waals surface area contributed by atoms with Crippen LogP contribution in [0.2, 0.25) is 0 Å². The zero-order valence-electron chi connectivity index (χ0n) is 20.1. The zero-order chi connectivity index (χ0) is 23.1. The van der Waals surface area contributed by atoms with E-state index in [2.05, 4.69) is 20.8 Å². The Balaban J connectivity index is 2.35. The number of methoxy groups -OCH3 is 2. The van der Waals surface area contributed by atoms with Gasteiger partial charge in [-0.1, -0.05) is 38.0 Å². The minimum Gasteiger partial charge on any atom is -0.496 e. The van der Waals surface area contributed by atoms with Crippen molar-refractivity contribution in [2.75, 3.05) is 33.2 Å². The molecule has 2 unspecified atom stereocenters. The number of esters is 1. The van der Waals surface area contributed by atoms with Gasteiger partial charge < -0.3 is 14.4 Å². The summed E-state index contributed by atoms with van der Waals surface area (Å²) in [5.74, 6) is 0.125. The summed E-state index contributed by atoms with van der Waals surface area (Å²) >= 11 is 0. The maximum atomic E-state index is 13.6. The molecular formula is C26H35NO4. The third-order valence-electron chi connectivity index (χ3n) is 6.65. The molecule has 0 spiro atoms. The van der Waals surface area contributed by atoms with Gasteiger partial charge in [-0.3, -0.25) is 4.79 Å². The number of anilines is 1. The van der Waals surface area contributed by atoms with Crippen LogP contribution in [0.25, 0.3) is 0 Å².